The Morgan fingerprint density at radius 2 is 1.95 bits per heavy atom. The summed E-state index contributed by atoms with van der Waals surface area (Å²) in [7, 11) is 0. The van der Waals surface area contributed by atoms with Crippen molar-refractivity contribution >= 4 is 67.2 Å². The van der Waals surface area contributed by atoms with Gasteiger partial charge in [-0.25, -0.2) is 4.98 Å². The summed E-state index contributed by atoms with van der Waals surface area (Å²) < 4.78 is 14.6. The molecule has 40 heavy (non-hydrogen) atoms. The van der Waals surface area contributed by atoms with Crippen LogP contribution < -0.4 is 20.3 Å². The fourth-order valence-electron chi connectivity index (χ4n) is 4.01. The van der Waals surface area contributed by atoms with Crippen LogP contribution in [-0.2, 0) is 4.79 Å². The number of aromatic nitrogens is 2. The van der Waals surface area contributed by atoms with E-state index in [0.717, 1.165) is 25.7 Å². The smallest absolute Gasteiger partial charge is 0.282 e. The molecule has 4 aromatic rings. The number of halogens is 2. The van der Waals surface area contributed by atoms with Crippen molar-refractivity contribution in [3.63, 3.8) is 0 Å². The summed E-state index contributed by atoms with van der Waals surface area (Å²) in [6.07, 6.45) is 2.41. The number of para-hydroxylation sites is 1. The molecule has 0 unspecified atom stereocenters. The minimum absolute atomic E-state index is 0.0265. The monoisotopic (exact) mass is 716 g/mol. The van der Waals surface area contributed by atoms with Crippen LogP contribution in [-0.4, -0.2) is 35.0 Å². The summed E-state index contributed by atoms with van der Waals surface area (Å²) >= 11 is 5.58. The lowest BCUT2D eigenvalue weighted by molar-refractivity contribution is -0.118. The van der Waals surface area contributed by atoms with E-state index >= 15 is 0 Å². The number of ether oxygens (including phenoxy) is 2. The molecule has 1 atom stereocenters. The third-order valence-corrected chi connectivity index (χ3v) is 7.60. The predicted octanol–water partition coefficient (Wildman–Crippen LogP) is 6.88. The Kier molecular flexibility index (Phi) is 9.96. The molecule has 1 aromatic heterocycles. The maximum absolute atomic E-state index is 13.4. The number of benzene rings is 3. The summed E-state index contributed by atoms with van der Waals surface area (Å²) in [6, 6.07) is 16.7. The van der Waals surface area contributed by atoms with Crippen LogP contribution in [0.5, 0.6) is 11.5 Å². The first kappa shape index (κ1) is 29.7. The van der Waals surface area contributed by atoms with Crippen LogP contribution in [0, 0.1) is 10.5 Å². The molecule has 8 nitrogen and oxygen atoms in total. The molecule has 4 rings (SSSR count). The van der Waals surface area contributed by atoms with Gasteiger partial charge in [0.15, 0.2) is 18.1 Å². The van der Waals surface area contributed by atoms with Crippen molar-refractivity contribution < 1.29 is 14.3 Å². The zero-order chi connectivity index (χ0) is 28.8. The summed E-state index contributed by atoms with van der Waals surface area (Å²) in [6.45, 7) is 8.11. The Morgan fingerprint density at radius 1 is 1.18 bits per heavy atom. The number of nitrogens with zero attached hydrogens (tertiary/aromatic N) is 3. The van der Waals surface area contributed by atoms with Crippen molar-refractivity contribution in [2.45, 2.75) is 40.0 Å². The van der Waals surface area contributed by atoms with Crippen molar-refractivity contribution in [2.24, 2.45) is 5.10 Å². The molecule has 0 saturated heterocycles. The second-order valence-corrected chi connectivity index (χ2v) is 11.3. The van der Waals surface area contributed by atoms with Crippen molar-refractivity contribution in [1.29, 1.82) is 0 Å². The number of hydrogen-bond donors (Lipinski definition) is 1. The maximum Gasteiger partial charge on any atom is 0.282 e. The number of aryl methyl sites for hydroxylation is 1. The summed E-state index contributed by atoms with van der Waals surface area (Å²) in [5.74, 6) is 1.30. The Labute approximate surface area is 255 Å². The average Bonchev–Trinajstić information content (AvgIpc) is 2.93. The zero-order valence-corrected chi connectivity index (χ0v) is 26.4. The van der Waals surface area contributed by atoms with Gasteiger partial charge < -0.3 is 14.8 Å². The van der Waals surface area contributed by atoms with Crippen LogP contribution in [0.1, 0.15) is 50.1 Å². The molecule has 0 fully saturated rings. The van der Waals surface area contributed by atoms with Gasteiger partial charge in [-0.1, -0.05) is 48.0 Å². The second-order valence-electron chi connectivity index (χ2n) is 9.22. The van der Waals surface area contributed by atoms with Crippen LogP contribution >= 0.6 is 38.5 Å². The average molecular weight is 717 g/mol. The lowest BCUT2D eigenvalue weighted by Gasteiger charge is -2.15. The van der Waals surface area contributed by atoms with Gasteiger partial charge in [-0.05, 0) is 90.4 Å². The second kappa shape index (κ2) is 13.4. The van der Waals surface area contributed by atoms with Gasteiger partial charge >= 0.3 is 0 Å². The highest BCUT2D eigenvalue weighted by Crippen LogP contribution is 2.34. The molecule has 1 heterocycles. The first-order chi connectivity index (χ1) is 19.2. The Bertz CT molecular complexity index is 1640. The number of nitrogens with one attached hydrogen (secondary N) is 1. The minimum atomic E-state index is -0.273. The van der Waals surface area contributed by atoms with Crippen LogP contribution in [0.3, 0.4) is 0 Å². The molecule has 1 N–H and O–H groups in total. The van der Waals surface area contributed by atoms with Crippen molar-refractivity contribution in [2.75, 3.05) is 18.5 Å². The number of hydrogen-bond acceptors (Lipinski definition) is 6. The van der Waals surface area contributed by atoms with E-state index in [1.54, 1.807) is 18.3 Å². The Hall–Kier alpha value is -3.25. The van der Waals surface area contributed by atoms with E-state index in [9.17, 15) is 9.59 Å². The van der Waals surface area contributed by atoms with Crippen molar-refractivity contribution in [1.82, 2.24) is 9.66 Å². The highest BCUT2D eigenvalue weighted by atomic mass is 127. The topological polar surface area (TPSA) is 94.8 Å². The molecule has 10 heteroatoms. The van der Waals surface area contributed by atoms with Gasteiger partial charge in [0.05, 0.1) is 27.3 Å². The lowest BCUT2D eigenvalue weighted by atomic mass is 10.1. The van der Waals surface area contributed by atoms with E-state index in [4.69, 9.17) is 14.5 Å². The van der Waals surface area contributed by atoms with E-state index in [1.165, 1.54) is 4.68 Å². The molecular formula is C30H30BrIN4O4. The largest absolute Gasteiger partial charge is 0.490 e. The quantitative estimate of drug-likeness (QED) is 0.143. The van der Waals surface area contributed by atoms with Crippen LogP contribution in [0.2, 0.25) is 0 Å². The fourth-order valence-corrected chi connectivity index (χ4v) is 5.15. The van der Waals surface area contributed by atoms with E-state index in [2.05, 4.69) is 48.9 Å². The first-order valence-corrected chi connectivity index (χ1v) is 14.8. The molecule has 0 bridgehead atoms. The summed E-state index contributed by atoms with van der Waals surface area (Å²) in [4.78, 5) is 30.8. The number of carbonyl (C=O) groups excluding carboxylic acids is 1. The third kappa shape index (κ3) is 6.90. The van der Waals surface area contributed by atoms with E-state index in [-0.39, 0.29) is 24.0 Å². The summed E-state index contributed by atoms with van der Waals surface area (Å²) in [5, 5.41) is 7.92. The minimum Gasteiger partial charge on any atom is -0.490 e. The molecule has 3 aromatic carbocycles. The van der Waals surface area contributed by atoms with Gasteiger partial charge in [-0.15, -0.1) is 0 Å². The number of carbonyl (C=O) groups is 1. The first-order valence-electron chi connectivity index (χ1n) is 12.9. The van der Waals surface area contributed by atoms with Crippen molar-refractivity contribution in [3.05, 3.63) is 89.9 Å². The van der Waals surface area contributed by atoms with Gasteiger partial charge in [-0.3, -0.25) is 9.59 Å². The van der Waals surface area contributed by atoms with Crippen LogP contribution in [0.4, 0.5) is 5.69 Å². The SMILES string of the molecule is CCOc1cc(C=Nn2c([C@H](C)CC)nc3ccc(Br)cc3c2=O)cc(I)c1OCC(=O)Nc1ccccc1C. The van der Waals surface area contributed by atoms with Gasteiger partial charge in [0.25, 0.3) is 11.5 Å². The van der Waals surface area contributed by atoms with E-state index < -0.39 is 0 Å². The van der Waals surface area contributed by atoms with E-state index in [1.807, 2.05) is 70.2 Å². The lowest BCUT2D eigenvalue weighted by Crippen LogP contribution is -2.23. The molecule has 208 valence electrons. The highest BCUT2D eigenvalue weighted by molar-refractivity contribution is 14.1. The Balaban J connectivity index is 1.63. The van der Waals surface area contributed by atoms with Crippen molar-refractivity contribution in [3.8, 4) is 11.5 Å². The number of fused-ring (bicyclic) bond motifs is 1. The zero-order valence-electron chi connectivity index (χ0n) is 22.7. The third-order valence-electron chi connectivity index (χ3n) is 6.31. The maximum atomic E-state index is 13.4. The number of anilines is 1. The molecule has 0 aliphatic carbocycles. The molecule has 1 amide bonds. The van der Waals surface area contributed by atoms with Gasteiger partial charge in [0.1, 0.15) is 5.82 Å². The highest BCUT2D eigenvalue weighted by Gasteiger charge is 2.17. The van der Waals surface area contributed by atoms with Crippen LogP contribution in [0.25, 0.3) is 10.9 Å². The molecule has 0 radical (unpaired) electrons. The normalized spacial score (nSPS) is 12.1. The molecule has 0 spiro atoms. The predicted molar refractivity (Wildman–Crippen MR) is 171 cm³/mol. The molecular weight excluding hydrogens is 687 g/mol. The molecule has 0 aliphatic heterocycles. The van der Waals surface area contributed by atoms with Gasteiger partial charge in [0, 0.05) is 16.1 Å². The van der Waals surface area contributed by atoms with Crippen LogP contribution in [0.15, 0.2) is 69.0 Å². The molecule has 0 saturated carbocycles. The van der Waals surface area contributed by atoms with E-state index in [0.29, 0.717) is 40.4 Å². The fraction of sp³-hybridized carbons (Fsp3) is 0.267. The summed E-state index contributed by atoms with van der Waals surface area (Å²) in [5.41, 5.74) is 2.81. The number of amides is 1. The Morgan fingerprint density at radius 3 is 2.67 bits per heavy atom. The van der Waals surface area contributed by atoms with Gasteiger partial charge in [-0.2, -0.15) is 9.78 Å². The molecule has 0 aliphatic rings. The standard InChI is InChI=1S/C30H30BrIN4O4/c1-5-18(3)29-35-25-12-11-21(31)15-22(25)30(38)36(29)33-16-20-13-23(32)28(26(14-20)39-6-2)40-17-27(37)34-24-10-8-7-9-19(24)4/h7-16,18H,5-6,17H2,1-4H3,(H,34,37)/t18-/m1/s1. The van der Waals surface area contributed by atoms with Gasteiger partial charge in [0.2, 0.25) is 0 Å². The number of rotatable bonds is 10.